The van der Waals surface area contributed by atoms with Crippen molar-refractivity contribution in [2.75, 3.05) is 18.8 Å². The summed E-state index contributed by atoms with van der Waals surface area (Å²) in [6.45, 7) is 1.37. The number of carbonyl (C=O) groups excluding carboxylic acids is 1. The number of rotatable bonds is 2. The first-order chi connectivity index (χ1) is 11.2. The number of carbonyl (C=O) groups is 1. The van der Waals surface area contributed by atoms with Gasteiger partial charge in [-0.25, -0.2) is 4.39 Å². The Hall–Kier alpha value is -1.08. The van der Waals surface area contributed by atoms with Gasteiger partial charge in [0, 0.05) is 33.2 Å². The van der Waals surface area contributed by atoms with E-state index in [0.717, 1.165) is 26.9 Å². The van der Waals surface area contributed by atoms with Crippen LogP contribution in [0.5, 0.6) is 0 Å². The maximum atomic E-state index is 14.0. The van der Waals surface area contributed by atoms with Crippen LogP contribution in [-0.4, -0.2) is 29.6 Å². The summed E-state index contributed by atoms with van der Waals surface area (Å²) in [6, 6.07) is 14.6. The van der Waals surface area contributed by atoms with Crippen LogP contribution in [0.3, 0.4) is 0 Å². The van der Waals surface area contributed by atoms with Gasteiger partial charge in [-0.2, -0.15) is 11.8 Å². The normalized spacial score (nSPS) is 18.5. The molecule has 0 radical (unpaired) electrons. The lowest BCUT2D eigenvalue weighted by Crippen LogP contribution is -2.33. The Morgan fingerprint density at radius 3 is 2.65 bits per heavy atom. The van der Waals surface area contributed by atoms with Gasteiger partial charge in [0.1, 0.15) is 5.82 Å². The highest BCUT2D eigenvalue weighted by atomic mass is 127. The van der Waals surface area contributed by atoms with Gasteiger partial charge in [0.25, 0.3) is 5.91 Å². The average molecular weight is 441 g/mol. The summed E-state index contributed by atoms with van der Waals surface area (Å²) in [6.07, 6.45) is 0.779. The van der Waals surface area contributed by atoms with E-state index in [-0.39, 0.29) is 17.0 Å². The molecule has 5 heteroatoms. The van der Waals surface area contributed by atoms with Gasteiger partial charge in [-0.1, -0.05) is 30.3 Å². The summed E-state index contributed by atoms with van der Waals surface area (Å²) in [4.78, 5) is 14.6. The quantitative estimate of drug-likeness (QED) is 0.627. The predicted molar refractivity (Wildman–Crippen MR) is 101 cm³/mol. The van der Waals surface area contributed by atoms with Gasteiger partial charge in [0.2, 0.25) is 0 Å². The minimum absolute atomic E-state index is 0.0739. The largest absolute Gasteiger partial charge is 0.338 e. The van der Waals surface area contributed by atoms with Crippen LogP contribution < -0.4 is 0 Å². The molecule has 3 rings (SSSR count). The SMILES string of the molecule is O=C(c1ccccc1I)N1CCSC(c2ccccc2F)CC1. The van der Waals surface area contributed by atoms with Crippen molar-refractivity contribution in [1.29, 1.82) is 0 Å². The molecule has 120 valence electrons. The standard InChI is InChI=1S/C18H17FINOS/c19-15-7-3-1-5-13(15)17-9-10-21(11-12-23-17)18(22)14-6-2-4-8-16(14)20/h1-8,17H,9-12H2. The fourth-order valence-corrected chi connectivity index (χ4v) is 4.63. The zero-order valence-corrected chi connectivity index (χ0v) is 15.5. The molecule has 1 aliphatic heterocycles. The Morgan fingerprint density at radius 1 is 1.13 bits per heavy atom. The Bertz CT molecular complexity index is 709. The number of amides is 1. The number of hydrogen-bond donors (Lipinski definition) is 0. The highest BCUT2D eigenvalue weighted by Gasteiger charge is 2.25. The molecule has 1 fully saturated rings. The van der Waals surface area contributed by atoms with Crippen LogP contribution in [0.15, 0.2) is 48.5 Å². The molecule has 0 saturated carbocycles. The van der Waals surface area contributed by atoms with E-state index in [0.29, 0.717) is 13.1 Å². The van der Waals surface area contributed by atoms with E-state index in [4.69, 9.17) is 0 Å². The van der Waals surface area contributed by atoms with Crippen molar-refractivity contribution in [2.24, 2.45) is 0 Å². The van der Waals surface area contributed by atoms with E-state index in [1.165, 1.54) is 6.07 Å². The topological polar surface area (TPSA) is 20.3 Å². The van der Waals surface area contributed by atoms with Crippen LogP contribution in [0.2, 0.25) is 0 Å². The van der Waals surface area contributed by atoms with Gasteiger partial charge in [0.15, 0.2) is 0 Å². The second-order valence-electron chi connectivity index (χ2n) is 5.44. The first-order valence-electron chi connectivity index (χ1n) is 7.56. The molecule has 0 spiro atoms. The molecule has 2 aromatic carbocycles. The zero-order chi connectivity index (χ0) is 16.2. The van der Waals surface area contributed by atoms with Gasteiger partial charge >= 0.3 is 0 Å². The third kappa shape index (κ3) is 3.88. The van der Waals surface area contributed by atoms with E-state index in [9.17, 15) is 9.18 Å². The van der Waals surface area contributed by atoms with Crippen LogP contribution in [0.1, 0.15) is 27.6 Å². The lowest BCUT2D eigenvalue weighted by atomic mass is 10.1. The van der Waals surface area contributed by atoms with Gasteiger partial charge in [-0.05, 0) is 47.2 Å². The van der Waals surface area contributed by atoms with Crippen molar-refractivity contribution >= 4 is 40.3 Å². The summed E-state index contributed by atoms with van der Waals surface area (Å²) < 4.78 is 15.0. The monoisotopic (exact) mass is 441 g/mol. The molecule has 1 aliphatic rings. The highest BCUT2D eigenvalue weighted by Crippen LogP contribution is 2.35. The van der Waals surface area contributed by atoms with Crippen molar-refractivity contribution in [2.45, 2.75) is 11.7 Å². The fourth-order valence-electron chi connectivity index (χ4n) is 2.76. The lowest BCUT2D eigenvalue weighted by Gasteiger charge is -2.21. The Morgan fingerprint density at radius 2 is 1.87 bits per heavy atom. The summed E-state index contributed by atoms with van der Waals surface area (Å²) in [5, 5.41) is 0.115. The lowest BCUT2D eigenvalue weighted by molar-refractivity contribution is 0.0765. The number of thioether (sulfide) groups is 1. The van der Waals surface area contributed by atoms with Crippen molar-refractivity contribution in [3.8, 4) is 0 Å². The molecule has 2 aromatic rings. The molecule has 1 amide bonds. The number of nitrogens with zero attached hydrogens (tertiary/aromatic N) is 1. The summed E-state index contributed by atoms with van der Waals surface area (Å²) >= 11 is 3.93. The number of hydrogen-bond acceptors (Lipinski definition) is 2. The van der Waals surface area contributed by atoms with Crippen molar-refractivity contribution in [3.05, 3.63) is 69.0 Å². The fraction of sp³-hybridized carbons (Fsp3) is 0.278. The van der Waals surface area contributed by atoms with Gasteiger partial charge in [-0.15, -0.1) is 0 Å². The second-order valence-corrected chi connectivity index (χ2v) is 7.91. The molecule has 0 bridgehead atoms. The molecule has 23 heavy (non-hydrogen) atoms. The third-order valence-corrected chi connectivity index (χ3v) is 6.24. The second kappa shape index (κ2) is 7.66. The molecule has 0 aromatic heterocycles. The molecule has 1 saturated heterocycles. The van der Waals surface area contributed by atoms with E-state index < -0.39 is 0 Å². The van der Waals surface area contributed by atoms with E-state index in [1.54, 1.807) is 17.8 Å². The minimum atomic E-state index is -0.151. The number of benzene rings is 2. The molecule has 1 unspecified atom stereocenters. The molecule has 0 aliphatic carbocycles. The molecule has 2 nitrogen and oxygen atoms in total. The maximum absolute atomic E-state index is 14.0. The van der Waals surface area contributed by atoms with E-state index in [1.807, 2.05) is 41.3 Å². The summed E-state index contributed by atoms with van der Waals surface area (Å²) in [7, 11) is 0. The van der Waals surface area contributed by atoms with Gasteiger partial charge in [0.05, 0.1) is 5.56 Å². The molecule has 0 N–H and O–H groups in total. The van der Waals surface area contributed by atoms with Crippen molar-refractivity contribution in [1.82, 2.24) is 4.90 Å². The predicted octanol–water partition coefficient (Wildman–Crippen LogP) is 4.75. The van der Waals surface area contributed by atoms with E-state index in [2.05, 4.69) is 22.6 Å². The molecule has 1 heterocycles. The first-order valence-corrected chi connectivity index (χ1v) is 9.69. The van der Waals surface area contributed by atoms with Crippen LogP contribution in [-0.2, 0) is 0 Å². The molecule has 1 atom stereocenters. The Balaban J connectivity index is 1.73. The summed E-state index contributed by atoms with van der Waals surface area (Å²) in [5.74, 6) is 0.751. The maximum Gasteiger partial charge on any atom is 0.254 e. The van der Waals surface area contributed by atoms with Crippen LogP contribution in [0.25, 0.3) is 0 Å². The van der Waals surface area contributed by atoms with Crippen LogP contribution in [0, 0.1) is 9.39 Å². The minimum Gasteiger partial charge on any atom is -0.338 e. The van der Waals surface area contributed by atoms with Gasteiger partial charge < -0.3 is 4.90 Å². The van der Waals surface area contributed by atoms with Crippen LogP contribution in [0.4, 0.5) is 4.39 Å². The first kappa shape index (κ1) is 16.8. The molecular weight excluding hydrogens is 424 g/mol. The number of halogens is 2. The Labute approximate surface area is 153 Å². The highest BCUT2D eigenvalue weighted by molar-refractivity contribution is 14.1. The van der Waals surface area contributed by atoms with Crippen molar-refractivity contribution in [3.63, 3.8) is 0 Å². The smallest absolute Gasteiger partial charge is 0.254 e. The van der Waals surface area contributed by atoms with Crippen molar-refractivity contribution < 1.29 is 9.18 Å². The average Bonchev–Trinajstić information content (AvgIpc) is 2.81. The third-order valence-electron chi connectivity index (χ3n) is 3.99. The summed E-state index contributed by atoms with van der Waals surface area (Å²) in [5.41, 5.74) is 1.50. The Kier molecular flexibility index (Phi) is 5.58. The zero-order valence-electron chi connectivity index (χ0n) is 12.5. The van der Waals surface area contributed by atoms with E-state index >= 15 is 0 Å². The molecular formula is C18H17FINOS. The van der Waals surface area contributed by atoms with Crippen LogP contribution >= 0.6 is 34.4 Å². The van der Waals surface area contributed by atoms with Gasteiger partial charge in [-0.3, -0.25) is 4.79 Å².